The van der Waals surface area contributed by atoms with Crippen molar-refractivity contribution in [3.8, 4) is 10.8 Å². The smallest absolute Gasteiger partial charge is 0.269 e. The quantitative estimate of drug-likeness (QED) is 0.280. The van der Waals surface area contributed by atoms with E-state index in [-0.39, 0.29) is 34.5 Å². The maximum atomic E-state index is 13.4. The van der Waals surface area contributed by atoms with Crippen molar-refractivity contribution in [2.24, 2.45) is 0 Å². The van der Waals surface area contributed by atoms with Crippen LogP contribution in [0, 0.1) is 11.6 Å². The molecule has 0 aliphatic heterocycles. The summed E-state index contributed by atoms with van der Waals surface area (Å²) < 4.78 is 33.4. The first kappa shape index (κ1) is 22.6. The molecule has 0 radical (unpaired) electrons. The number of anilines is 1. The SMILES string of the molecule is O=C(NCc1nnc(-c2cc3ccccc3s2)o1)c1cc(NC(=O)c2cc(F)c(F)cc2Cl)n[nH]1. The van der Waals surface area contributed by atoms with E-state index in [1.54, 1.807) is 0 Å². The number of nitrogens with one attached hydrogen (secondary N) is 3. The lowest BCUT2D eigenvalue weighted by atomic mass is 10.2. The van der Waals surface area contributed by atoms with Gasteiger partial charge in [-0.1, -0.05) is 29.8 Å². The van der Waals surface area contributed by atoms with Gasteiger partial charge in [0, 0.05) is 10.8 Å². The summed E-state index contributed by atoms with van der Waals surface area (Å²) in [6.45, 7) is -0.0398. The minimum Gasteiger partial charge on any atom is -0.418 e. The number of carbonyl (C=O) groups excluding carboxylic acids is 2. The first-order valence-electron chi connectivity index (χ1n) is 9.98. The fourth-order valence-corrected chi connectivity index (χ4v) is 4.37. The highest BCUT2D eigenvalue weighted by atomic mass is 35.5. The summed E-state index contributed by atoms with van der Waals surface area (Å²) in [5.74, 6) is -3.26. The summed E-state index contributed by atoms with van der Waals surface area (Å²) in [5, 5.41) is 20.0. The van der Waals surface area contributed by atoms with E-state index in [9.17, 15) is 18.4 Å². The van der Waals surface area contributed by atoms with E-state index in [1.807, 2.05) is 30.3 Å². The molecule has 3 heterocycles. The number of carbonyl (C=O) groups is 2. The third kappa shape index (κ3) is 4.74. The summed E-state index contributed by atoms with van der Waals surface area (Å²) >= 11 is 7.31. The highest BCUT2D eigenvalue weighted by Gasteiger charge is 2.18. The van der Waals surface area contributed by atoms with E-state index in [0.717, 1.165) is 15.0 Å². The molecule has 0 bridgehead atoms. The van der Waals surface area contributed by atoms with Gasteiger partial charge in [0.25, 0.3) is 17.7 Å². The Bertz CT molecular complexity index is 1550. The van der Waals surface area contributed by atoms with Crippen molar-refractivity contribution < 1.29 is 22.8 Å². The van der Waals surface area contributed by atoms with Crippen LogP contribution in [0.15, 0.2) is 52.9 Å². The first-order chi connectivity index (χ1) is 16.9. The summed E-state index contributed by atoms with van der Waals surface area (Å²) in [6.07, 6.45) is 0. The topological polar surface area (TPSA) is 126 Å². The van der Waals surface area contributed by atoms with E-state index < -0.39 is 23.4 Å². The number of hydrogen-bond acceptors (Lipinski definition) is 7. The van der Waals surface area contributed by atoms with Crippen molar-refractivity contribution in [3.63, 3.8) is 0 Å². The highest BCUT2D eigenvalue weighted by Crippen LogP contribution is 2.32. The standard InChI is InChI=1S/C22H13ClF2N6O3S/c23-12-7-14(25)13(24)6-11(12)20(32)27-18-8-15(28-29-18)21(33)26-9-19-30-31-22(34-19)17-5-10-3-1-2-4-16(10)35-17/h1-8H,9H2,(H,26,33)(H2,27,28,29,32). The molecule has 3 aromatic heterocycles. The lowest BCUT2D eigenvalue weighted by Gasteiger charge is -2.05. The molecule has 0 unspecified atom stereocenters. The van der Waals surface area contributed by atoms with Crippen LogP contribution in [-0.2, 0) is 6.54 Å². The average Bonchev–Trinajstić information content (AvgIpc) is 3.59. The number of nitrogens with zero attached hydrogens (tertiary/aromatic N) is 3. The van der Waals surface area contributed by atoms with Crippen LogP contribution in [0.1, 0.15) is 26.7 Å². The van der Waals surface area contributed by atoms with Crippen LogP contribution in [0.4, 0.5) is 14.6 Å². The molecule has 0 saturated heterocycles. The number of halogens is 3. The van der Waals surface area contributed by atoms with Gasteiger partial charge in [-0.3, -0.25) is 14.7 Å². The number of hydrogen-bond donors (Lipinski definition) is 3. The average molecular weight is 515 g/mol. The molecule has 5 aromatic rings. The number of H-pyrrole nitrogens is 1. The van der Waals surface area contributed by atoms with Gasteiger partial charge in [-0.05, 0) is 29.7 Å². The molecule has 0 aliphatic rings. The minimum absolute atomic E-state index is 0.0224. The van der Waals surface area contributed by atoms with Gasteiger partial charge in [-0.15, -0.1) is 21.5 Å². The van der Waals surface area contributed by atoms with Gasteiger partial charge in [0.05, 0.1) is 22.0 Å². The maximum Gasteiger partial charge on any atom is 0.269 e. The molecular weight excluding hydrogens is 502 g/mol. The summed E-state index contributed by atoms with van der Waals surface area (Å²) in [5.41, 5.74) is -0.258. The summed E-state index contributed by atoms with van der Waals surface area (Å²) in [4.78, 5) is 25.5. The van der Waals surface area contributed by atoms with Gasteiger partial charge in [0.2, 0.25) is 5.89 Å². The molecule has 0 spiro atoms. The lowest BCUT2D eigenvalue weighted by Crippen LogP contribution is -2.23. The van der Waals surface area contributed by atoms with Crippen LogP contribution >= 0.6 is 22.9 Å². The number of benzene rings is 2. The lowest BCUT2D eigenvalue weighted by molar-refractivity contribution is 0.0941. The Hall–Kier alpha value is -4.16. The largest absolute Gasteiger partial charge is 0.418 e. The van der Waals surface area contributed by atoms with Gasteiger partial charge >= 0.3 is 0 Å². The Kier molecular flexibility index (Phi) is 5.97. The minimum atomic E-state index is -1.22. The summed E-state index contributed by atoms with van der Waals surface area (Å²) in [7, 11) is 0. The molecule has 35 heavy (non-hydrogen) atoms. The van der Waals surface area contributed by atoms with Crippen LogP contribution in [0.25, 0.3) is 20.9 Å². The number of fused-ring (bicyclic) bond motifs is 1. The number of amides is 2. The van der Waals surface area contributed by atoms with Crippen molar-refractivity contribution in [1.29, 1.82) is 0 Å². The third-order valence-corrected chi connectivity index (χ3v) is 6.24. The Morgan fingerprint density at radius 1 is 1.06 bits per heavy atom. The monoisotopic (exact) mass is 514 g/mol. The molecule has 176 valence electrons. The van der Waals surface area contributed by atoms with Gasteiger partial charge in [0.15, 0.2) is 17.5 Å². The molecule has 2 amide bonds. The molecule has 0 atom stereocenters. The van der Waals surface area contributed by atoms with Crippen molar-refractivity contribution in [3.05, 3.63) is 82.3 Å². The van der Waals surface area contributed by atoms with Crippen LogP contribution in [-0.4, -0.2) is 32.2 Å². The number of thiophene rings is 1. The zero-order valence-corrected chi connectivity index (χ0v) is 19.0. The number of aromatic nitrogens is 4. The van der Waals surface area contributed by atoms with Crippen molar-refractivity contribution in [2.75, 3.05) is 5.32 Å². The van der Waals surface area contributed by atoms with Crippen LogP contribution in [0.2, 0.25) is 5.02 Å². The van der Waals surface area contributed by atoms with E-state index in [4.69, 9.17) is 16.0 Å². The van der Waals surface area contributed by atoms with E-state index >= 15 is 0 Å². The summed E-state index contributed by atoms with van der Waals surface area (Å²) in [6, 6.07) is 12.4. The Balaban J connectivity index is 1.20. The zero-order chi connectivity index (χ0) is 24.5. The fourth-order valence-electron chi connectivity index (χ4n) is 3.15. The highest BCUT2D eigenvalue weighted by molar-refractivity contribution is 7.22. The van der Waals surface area contributed by atoms with Crippen molar-refractivity contribution >= 4 is 50.7 Å². The Labute approximate surface area is 204 Å². The van der Waals surface area contributed by atoms with Crippen LogP contribution < -0.4 is 10.6 Å². The molecule has 0 fully saturated rings. The molecule has 2 aromatic carbocycles. The van der Waals surface area contributed by atoms with E-state index in [2.05, 4.69) is 31.0 Å². The van der Waals surface area contributed by atoms with E-state index in [0.29, 0.717) is 18.0 Å². The number of rotatable bonds is 6. The van der Waals surface area contributed by atoms with Gasteiger partial charge in [-0.2, -0.15) is 5.10 Å². The maximum absolute atomic E-state index is 13.4. The van der Waals surface area contributed by atoms with Gasteiger partial charge < -0.3 is 15.1 Å². The molecule has 0 saturated carbocycles. The normalized spacial score (nSPS) is 11.1. The second kappa shape index (κ2) is 9.24. The van der Waals surface area contributed by atoms with Crippen molar-refractivity contribution in [1.82, 2.24) is 25.7 Å². The molecule has 0 aliphatic carbocycles. The van der Waals surface area contributed by atoms with Gasteiger partial charge in [-0.25, -0.2) is 8.78 Å². The predicted molar refractivity (Wildman–Crippen MR) is 124 cm³/mol. The number of aromatic amines is 1. The first-order valence-corrected chi connectivity index (χ1v) is 11.2. The van der Waals surface area contributed by atoms with Crippen LogP contribution in [0.5, 0.6) is 0 Å². The Morgan fingerprint density at radius 2 is 1.86 bits per heavy atom. The van der Waals surface area contributed by atoms with Crippen LogP contribution in [0.3, 0.4) is 0 Å². The van der Waals surface area contributed by atoms with Crippen molar-refractivity contribution in [2.45, 2.75) is 6.54 Å². The molecule has 3 N–H and O–H groups in total. The zero-order valence-electron chi connectivity index (χ0n) is 17.4. The second-order valence-electron chi connectivity index (χ2n) is 7.20. The molecular formula is C22H13ClF2N6O3S. The molecule has 9 nitrogen and oxygen atoms in total. The van der Waals surface area contributed by atoms with E-state index in [1.165, 1.54) is 17.4 Å². The molecule has 13 heteroatoms. The van der Waals surface area contributed by atoms with Gasteiger partial charge in [0.1, 0.15) is 5.69 Å². The fraction of sp³-hybridized carbons (Fsp3) is 0.0455. The molecule has 5 rings (SSSR count). The third-order valence-electron chi connectivity index (χ3n) is 4.82. The Morgan fingerprint density at radius 3 is 2.69 bits per heavy atom. The predicted octanol–water partition coefficient (Wildman–Crippen LogP) is 4.79. The second-order valence-corrected chi connectivity index (χ2v) is 8.69.